The van der Waals surface area contributed by atoms with Gasteiger partial charge in [-0.05, 0) is 12.8 Å². The smallest absolute Gasteiger partial charge is 0.123 e. The van der Waals surface area contributed by atoms with E-state index in [1.807, 2.05) is 0 Å². The van der Waals surface area contributed by atoms with Crippen molar-refractivity contribution in [2.75, 3.05) is 26.3 Å². The molecule has 0 atom stereocenters. The largest absolute Gasteiger partial charge is 0.379 e. The maximum atomic E-state index is 10.4. The lowest BCUT2D eigenvalue weighted by atomic mass is 9.80. The van der Waals surface area contributed by atoms with Crippen LogP contribution >= 0.6 is 0 Å². The molecule has 0 aromatic rings. The van der Waals surface area contributed by atoms with Crippen LogP contribution in [0, 0.1) is 5.92 Å². The van der Waals surface area contributed by atoms with Gasteiger partial charge in [0.25, 0.3) is 0 Å². The first-order valence-electron chi connectivity index (χ1n) is 4.67. The zero-order valence-corrected chi connectivity index (χ0v) is 7.24. The minimum Gasteiger partial charge on any atom is -0.379 e. The van der Waals surface area contributed by atoms with E-state index >= 15 is 0 Å². The van der Waals surface area contributed by atoms with E-state index in [1.54, 1.807) is 0 Å². The van der Waals surface area contributed by atoms with Crippen LogP contribution in [0.4, 0.5) is 0 Å². The fraction of sp³-hybridized carbons (Fsp3) is 0.889. The monoisotopic (exact) mass is 169 g/mol. The first-order chi connectivity index (χ1) is 5.90. The summed E-state index contributed by atoms with van der Waals surface area (Å²) in [6.45, 7) is 3.83. The second kappa shape index (κ2) is 3.54. The quantitative estimate of drug-likeness (QED) is 0.557. The Morgan fingerprint density at radius 1 is 1.25 bits per heavy atom. The molecule has 0 radical (unpaired) electrons. The van der Waals surface area contributed by atoms with Crippen molar-refractivity contribution in [3.05, 3.63) is 0 Å². The number of hydrogen-bond donors (Lipinski definition) is 0. The van der Waals surface area contributed by atoms with Gasteiger partial charge in [-0.15, -0.1) is 0 Å². The predicted octanol–water partition coefficient (Wildman–Crippen LogP) is 0.296. The molecule has 1 saturated carbocycles. The molecular formula is C9H15NO2. The highest BCUT2D eigenvalue weighted by Crippen LogP contribution is 2.30. The fourth-order valence-electron chi connectivity index (χ4n) is 1.98. The molecule has 2 fully saturated rings. The molecule has 2 rings (SSSR count). The van der Waals surface area contributed by atoms with Gasteiger partial charge < -0.3 is 9.53 Å². The number of morpholine rings is 1. The number of carbonyl (C=O) groups is 1. The molecule has 12 heavy (non-hydrogen) atoms. The van der Waals surface area contributed by atoms with Crippen molar-refractivity contribution in [1.82, 2.24) is 4.90 Å². The maximum absolute atomic E-state index is 10.4. The van der Waals surface area contributed by atoms with E-state index in [0.29, 0.717) is 12.0 Å². The van der Waals surface area contributed by atoms with Crippen molar-refractivity contribution in [3.63, 3.8) is 0 Å². The summed E-state index contributed by atoms with van der Waals surface area (Å²) in [5.74, 6) is 0.345. The molecule has 68 valence electrons. The Morgan fingerprint density at radius 2 is 1.92 bits per heavy atom. The third-order valence-corrected chi connectivity index (χ3v) is 2.90. The van der Waals surface area contributed by atoms with Crippen molar-refractivity contribution in [1.29, 1.82) is 0 Å². The van der Waals surface area contributed by atoms with E-state index in [-0.39, 0.29) is 0 Å². The Morgan fingerprint density at radius 3 is 2.50 bits per heavy atom. The molecule has 2 aliphatic rings. The van der Waals surface area contributed by atoms with Crippen LogP contribution in [0.5, 0.6) is 0 Å². The van der Waals surface area contributed by atoms with Gasteiger partial charge in [-0.1, -0.05) is 0 Å². The number of carbonyl (C=O) groups excluding carboxylic acids is 1. The SMILES string of the molecule is O=CC1CC(N2CCOCC2)C1. The van der Waals surface area contributed by atoms with Crippen molar-refractivity contribution in [3.8, 4) is 0 Å². The summed E-state index contributed by atoms with van der Waals surface area (Å²) < 4.78 is 5.26. The van der Waals surface area contributed by atoms with Gasteiger partial charge in [0, 0.05) is 25.0 Å². The molecule has 0 bridgehead atoms. The molecule has 0 amide bonds. The minimum atomic E-state index is 0.345. The van der Waals surface area contributed by atoms with E-state index in [4.69, 9.17) is 4.74 Å². The van der Waals surface area contributed by atoms with E-state index < -0.39 is 0 Å². The summed E-state index contributed by atoms with van der Waals surface area (Å²) in [6.07, 6.45) is 3.24. The second-order valence-corrected chi connectivity index (χ2v) is 3.67. The van der Waals surface area contributed by atoms with Gasteiger partial charge in [0.1, 0.15) is 6.29 Å². The molecule has 0 unspecified atom stereocenters. The van der Waals surface area contributed by atoms with E-state index in [9.17, 15) is 4.79 Å². The highest BCUT2D eigenvalue weighted by Gasteiger charge is 2.33. The lowest BCUT2D eigenvalue weighted by molar-refractivity contribution is -0.116. The Kier molecular flexibility index (Phi) is 2.42. The van der Waals surface area contributed by atoms with Crippen LogP contribution < -0.4 is 0 Å². The van der Waals surface area contributed by atoms with Crippen LogP contribution in [0.15, 0.2) is 0 Å². The topological polar surface area (TPSA) is 29.5 Å². The van der Waals surface area contributed by atoms with Crippen molar-refractivity contribution >= 4 is 6.29 Å². The summed E-state index contributed by atoms with van der Waals surface area (Å²) in [5.41, 5.74) is 0. The molecule has 0 aromatic carbocycles. The Balaban J connectivity index is 1.75. The normalized spacial score (nSPS) is 37.3. The standard InChI is InChI=1S/C9H15NO2/c11-7-8-5-9(6-8)10-1-3-12-4-2-10/h7-9H,1-6H2. The van der Waals surface area contributed by atoms with Gasteiger partial charge in [0.15, 0.2) is 0 Å². The summed E-state index contributed by atoms with van der Waals surface area (Å²) >= 11 is 0. The number of ether oxygens (including phenoxy) is 1. The summed E-state index contributed by atoms with van der Waals surface area (Å²) in [5, 5.41) is 0. The number of aldehydes is 1. The summed E-state index contributed by atoms with van der Waals surface area (Å²) in [7, 11) is 0. The molecule has 1 aliphatic carbocycles. The molecule has 0 aromatic heterocycles. The Bertz CT molecular complexity index is 160. The third-order valence-electron chi connectivity index (χ3n) is 2.90. The third kappa shape index (κ3) is 1.52. The van der Waals surface area contributed by atoms with E-state index in [0.717, 1.165) is 45.4 Å². The van der Waals surface area contributed by atoms with E-state index in [2.05, 4.69) is 4.90 Å². The average molecular weight is 169 g/mol. The van der Waals surface area contributed by atoms with Crippen LogP contribution in [-0.2, 0) is 9.53 Å². The molecule has 0 N–H and O–H groups in total. The van der Waals surface area contributed by atoms with Crippen LogP contribution in [0.1, 0.15) is 12.8 Å². The van der Waals surface area contributed by atoms with Gasteiger partial charge in [-0.2, -0.15) is 0 Å². The minimum absolute atomic E-state index is 0.345. The van der Waals surface area contributed by atoms with Crippen molar-refractivity contribution < 1.29 is 9.53 Å². The molecule has 3 nitrogen and oxygen atoms in total. The molecule has 1 aliphatic heterocycles. The summed E-state index contributed by atoms with van der Waals surface area (Å²) in [4.78, 5) is 12.8. The average Bonchev–Trinajstić information content (AvgIpc) is 2.04. The first kappa shape index (κ1) is 8.20. The lowest BCUT2D eigenvalue weighted by Crippen LogP contribution is -2.49. The second-order valence-electron chi connectivity index (χ2n) is 3.67. The Labute approximate surface area is 72.7 Å². The maximum Gasteiger partial charge on any atom is 0.123 e. The van der Waals surface area contributed by atoms with E-state index in [1.165, 1.54) is 0 Å². The zero-order valence-electron chi connectivity index (χ0n) is 7.24. The number of nitrogens with zero attached hydrogens (tertiary/aromatic N) is 1. The first-order valence-corrected chi connectivity index (χ1v) is 4.67. The van der Waals surface area contributed by atoms with Crippen LogP contribution in [0.3, 0.4) is 0 Å². The van der Waals surface area contributed by atoms with Crippen molar-refractivity contribution in [2.45, 2.75) is 18.9 Å². The van der Waals surface area contributed by atoms with Crippen LogP contribution in [-0.4, -0.2) is 43.5 Å². The molecule has 1 saturated heterocycles. The predicted molar refractivity (Wildman–Crippen MR) is 45.0 cm³/mol. The fourth-order valence-corrected chi connectivity index (χ4v) is 1.98. The van der Waals surface area contributed by atoms with Crippen LogP contribution in [0.25, 0.3) is 0 Å². The van der Waals surface area contributed by atoms with Gasteiger partial charge in [0.05, 0.1) is 13.2 Å². The Hall–Kier alpha value is -0.410. The number of hydrogen-bond acceptors (Lipinski definition) is 3. The van der Waals surface area contributed by atoms with Gasteiger partial charge in [0.2, 0.25) is 0 Å². The molecule has 3 heteroatoms. The van der Waals surface area contributed by atoms with Crippen LogP contribution in [0.2, 0.25) is 0 Å². The van der Waals surface area contributed by atoms with Crippen molar-refractivity contribution in [2.24, 2.45) is 5.92 Å². The molecule has 0 spiro atoms. The zero-order chi connectivity index (χ0) is 8.39. The molecular weight excluding hydrogens is 154 g/mol. The summed E-state index contributed by atoms with van der Waals surface area (Å²) in [6, 6.07) is 0.670. The lowest BCUT2D eigenvalue weighted by Gasteiger charge is -2.42. The number of rotatable bonds is 2. The van der Waals surface area contributed by atoms with Gasteiger partial charge in [-0.25, -0.2) is 0 Å². The highest BCUT2D eigenvalue weighted by molar-refractivity contribution is 5.55. The molecule has 1 heterocycles. The highest BCUT2D eigenvalue weighted by atomic mass is 16.5. The van der Waals surface area contributed by atoms with Gasteiger partial charge >= 0.3 is 0 Å². The van der Waals surface area contributed by atoms with Gasteiger partial charge in [-0.3, -0.25) is 4.90 Å².